The number of benzene rings is 2. The van der Waals surface area contributed by atoms with Crippen LogP contribution in [0.2, 0.25) is 0 Å². The van der Waals surface area contributed by atoms with Crippen LogP contribution in [0.3, 0.4) is 0 Å². The Balaban J connectivity index is 1.97. The number of ether oxygens (including phenoxy) is 2. The first-order chi connectivity index (χ1) is 14.3. The van der Waals surface area contributed by atoms with Crippen LogP contribution in [-0.2, 0) is 9.53 Å². The number of halogens is 2. The van der Waals surface area contributed by atoms with Gasteiger partial charge in [-0.1, -0.05) is 47.1 Å². The molecule has 0 radical (unpaired) electrons. The van der Waals surface area contributed by atoms with Crippen molar-refractivity contribution in [2.24, 2.45) is 5.92 Å². The molecule has 0 bridgehead atoms. The molecule has 0 spiro atoms. The van der Waals surface area contributed by atoms with E-state index in [0.717, 1.165) is 34.0 Å². The monoisotopic (exact) mass is 476 g/mol. The van der Waals surface area contributed by atoms with Crippen LogP contribution in [0.15, 0.2) is 59.1 Å². The van der Waals surface area contributed by atoms with Crippen LogP contribution in [0, 0.1) is 11.7 Å². The Morgan fingerprint density at radius 1 is 1.30 bits per heavy atom. The van der Waals surface area contributed by atoms with Gasteiger partial charge < -0.3 is 14.6 Å². The van der Waals surface area contributed by atoms with Crippen molar-refractivity contribution >= 4 is 21.9 Å². The minimum Gasteiger partial charge on any atom is -0.482 e. The zero-order valence-electron chi connectivity index (χ0n) is 17.1. The second-order valence-corrected chi connectivity index (χ2v) is 8.63. The van der Waals surface area contributed by atoms with E-state index in [1.54, 1.807) is 6.07 Å². The van der Waals surface area contributed by atoms with Crippen molar-refractivity contribution in [3.05, 3.63) is 76.0 Å². The van der Waals surface area contributed by atoms with Crippen molar-refractivity contribution in [3.63, 3.8) is 0 Å². The summed E-state index contributed by atoms with van der Waals surface area (Å²) in [6.07, 6.45) is 1.21. The second kappa shape index (κ2) is 9.75. The van der Waals surface area contributed by atoms with Crippen LogP contribution < -0.4 is 4.74 Å². The van der Waals surface area contributed by atoms with E-state index in [-0.39, 0.29) is 29.9 Å². The lowest BCUT2D eigenvalue weighted by molar-refractivity contribution is -0.139. The molecule has 6 heteroatoms. The van der Waals surface area contributed by atoms with Crippen molar-refractivity contribution in [3.8, 4) is 5.75 Å². The highest BCUT2D eigenvalue weighted by Crippen LogP contribution is 2.49. The van der Waals surface area contributed by atoms with Crippen LogP contribution in [-0.4, -0.2) is 23.8 Å². The van der Waals surface area contributed by atoms with E-state index >= 15 is 0 Å². The zero-order chi connectivity index (χ0) is 21.8. The third-order valence-corrected chi connectivity index (χ3v) is 6.10. The van der Waals surface area contributed by atoms with Crippen molar-refractivity contribution in [2.75, 3.05) is 6.61 Å². The van der Waals surface area contributed by atoms with E-state index in [1.165, 1.54) is 12.1 Å². The topological polar surface area (TPSA) is 55.8 Å². The molecule has 1 aliphatic heterocycles. The Bertz CT molecular complexity index is 912. The molecule has 1 aliphatic rings. The molecule has 1 N–H and O–H groups in total. The van der Waals surface area contributed by atoms with Crippen molar-refractivity contribution in [1.82, 2.24) is 0 Å². The first kappa shape index (κ1) is 22.5. The van der Waals surface area contributed by atoms with Crippen LogP contribution in [0.4, 0.5) is 4.39 Å². The molecule has 3 rings (SSSR count). The third-order valence-electron chi connectivity index (χ3n) is 5.61. The average molecular weight is 477 g/mol. The Kier molecular flexibility index (Phi) is 7.32. The predicted molar refractivity (Wildman–Crippen MR) is 117 cm³/mol. The molecule has 0 unspecified atom stereocenters. The van der Waals surface area contributed by atoms with Crippen LogP contribution in [0.5, 0.6) is 5.75 Å². The fourth-order valence-electron chi connectivity index (χ4n) is 4.13. The van der Waals surface area contributed by atoms with Gasteiger partial charge in [-0.05, 0) is 55.7 Å². The summed E-state index contributed by atoms with van der Waals surface area (Å²) in [5.74, 6) is -0.680. The summed E-state index contributed by atoms with van der Waals surface area (Å²) in [5, 5.41) is 9.02. The number of carboxylic acids is 1. The summed E-state index contributed by atoms with van der Waals surface area (Å²) < 4.78 is 26.4. The van der Waals surface area contributed by atoms with Crippen LogP contribution >= 0.6 is 15.9 Å². The Morgan fingerprint density at radius 2 is 2.00 bits per heavy atom. The number of carbonyl (C=O) groups is 1. The van der Waals surface area contributed by atoms with Gasteiger partial charge in [0, 0.05) is 21.9 Å². The minimum atomic E-state index is -1.03. The number of rotatable bonds is 7. The highest BCUT2D eigenvalue weighted by Gasteiger charge is 2.40. The molecular formula is C24H26BrFO4. The fraction of sp³-hybridized carbons (Fsp3) is 0.375. The van der Waals surface area contributed by atoms with Gasteiger partial charge >= 0.3 is 5.97 Å². The molecule has 1 saturated heterocycles. The zero-order valence-corrected chi connectivity index (χ0v) is 18.7. The van der Waals surface area contributed by atoms with Gasteiger partial charge in [0.1, 0.15) is 11.6 Å². The van der Waals surface area contributed by atoms with Crippen LogP contribution in [0.1, 0.15) is 49.8 Å². The van der Waals surface area contributed by atoms with E-state index in [2.05, 4.69) is 29.4 Å². The summed E-state index contributed by atoms with van der Waals surface area (Å²) in [7, 11) is 0. The van der Waals surface area contributed by atoms with E-state index in [9.17, 15) is 9.18 Å². The maximum atomic E-state index is 13.4. The summed E-state index contributed by atoms with van der Waals surface area (Å²) in [4.78, 5) is 11.0. The molecular weight excluding hydrogens is 451 g/mol. The average Bonchev–Trinajstić information content (AvgIpc) is 2.72. The molecule has 0 aliphatic carbocycles. The lowest BCUT2D eigenvalue weighted by atomic mass is 9.75. The van der Waals surface area contributed by atoms with Gasteiger partial charge in [-0.25, -0.2) is 9.18 Å². The third kappa shape index (κ3) is 5.10. The summed E-state index contributed by atoms with van der Waals surface area (Å²) in [6, 6.07) is 12.1. The first-order valence-corrected chi connectivity index (χ1v) is 10.8. The van der Waals surface area contributed by atoms with Crippen molar-refractivity contribution in [2.45, 2.75) is 44.8 Å². The molecule has 30 heavy (non-hydrogen) atoms. The van der Waals surface area contributed by atoms with E-state index < -0.39 is 12.6 Å². The van der Waals surface area contributed by atoms with Crippen molar-refractivity contribution in [1.29, 1.82) is 0 Å². The van der Waals surface area contributed by atoms with Gasteiger partial charge in [0.15, 0.2) is 6.61 Å². The quantitative estimate of drug-likeness (QED) is 0.478. The number of aliphatic carboxylic acids is 1. The maximum absolute atomic E-state index is 13.4. The van der Waals surface area contributed by atoms with E-state index in [1.807, 2.05) is 31.2 Å². The van der Waals surface area contributed by atoms with Crippen molar-refractivity contribution < 1.29 is 23.8 Å². The molecule has 4 atom stereocenters. The van der Waals surface area contributed by atoms with Crippen LogP contribution in [0.25, 0.3) is 0 Å². The van der Waals surface area contributed by atoms with Gasteiger partial charge in [-0.3, -0.25) is 0 Å². The molecule has 0 saturated carbocycles. The predicted octanol–water partition coefficient (Wildman–Crippen LogP) is 6.27. The lowest BCUT2D eigenvalue weighted by Crippen LogP contribution is -2.36. The summed E-state index contributed by atoms with van der Waals surface area (Å²) in [5.41, 5.74) is 2.82. The van der Waals surface area contributed by atoms with Gasteiger partial charge in [0.05, 0.1) is 12.2 Å². The number of hydrogen-bond donors (Lipinski definition) is 1. The van der Waals surface area contributed by atoms with Gasteiger partial charge in [-0.15, -0.1) is 0 Å². The van der Waals surface area contributed by atoms with E-state index in [4.69, 9.17) is 14.6 Å². The molecule has 0 amide bonds. The smallest absolute Gasteiger partial charge is 0.341 e. The van der Waals surface area contributed by atoms with Gasteiger partial charge in [0.25, 0.3) is 0 Å². The molecule has 160 valence electrons. The fourth-order valence-corrected chi connectivity index (χ4v) is 4.51. The lowest BCUT2D eigenvalue weighted by Gasteiger charge is -2.43. The van der Waals surface area contributed by atoms with Gasteiger partial charge in [0.2, 0.25) is 0 Å². The van der Waals surface area contributed by atoms with E-state index in [0.29, 0.717) is 5.75 Å². The number of carboxylic acid groups (broad SMARTS) is 1. The summed E-state index contributed by atoms with van der Waals surface area (Å²) >= 11 is 3.50. The molecule has 0 aromatic heterocycles. The molecule has 4 nitrogen and oxygen atoms in total. The summed E-state index contributed by atoms with van der Waals surface area (Å²) in [6.45, 7) is 7.81. The van der Waals surface area contributed by atoms with Gasteiger partial charge in [-0.2, -0.15) is 0 Å². The normalized spacial score (nSPS) is 23.7. The minimum absolute atomic E-state index is 0.00401. The Morgan fingerprint density at radius 3 is 2.60 bits per heavy atom. The largest absolute Gasteiger partial charge is 0.482 e. The number of hydrogen-bond acceptors (Lipinski definition) is 3. The first-order valence-electron chi connectivity index (χ1n) is 10.0. The highest BCUT2D eigenvalue weighted by atomic mass is 79.9. The SMILES string of the molecule is C=C(C)[C@H]1C[C@H](c2ccc(F)cc2)[C@H](CC)O[C@@H]1c1cc(Br)ccc1OCC(=O)O. The second-order valence-electron chi connectivity index (χ2n) is 7.71. The Labute approximate surface area is 184 Å². The maximum Gasteiger partial charge on any atom is 0.341 e. The Hall–Kier alpha value is -2.18. The molecule has 1 fully saturated rings. The molecule has 2 aromatic carbocycles. The standard InChI is InChI=1S/C24H26BrFO4/c1-4-21-19(15-5-8-17(26)9-6-15)12-18(14(2)3)24(30-21)20-11-16(25)7-10-22(20)29-13-23(27)28/h5-11,18-19,21,24H,2,4,12-13H2,1,3H3,(H,27,28)/t18-,19-,21+,24+/m1/s1. The highest BCUT2D eigenvalue weighted by molar-refractivity contribution is 9.10. The molecule has 1 heterocycles. The molecule has 2 aromatic rings.